The summed E-state index contributed by atoms with van der Waals surface area (Å²) in [7, 11) is 0. The van der Waals surface area contributed by atoms with Gasteiger partial charge in [0.15, 0.2) is 0 Å². The molecule has 0 spiro atoms. The van der Waals surface area contributed by atoms with Crippen molar-refractivity contribution >= 4 is 5.52 Å². The van der Waals surface area contributed by atoms with Gasteiger partial charge in [-0.3, -0.25) is 0 Å². The fraction of sp³-hybridized carbons (Fsp3) is 0.273. The number of hydrogen-bond donors (Lipinski definition) is 1. The molecule has 0 saturated carbocycles. The number of rotatable bonds is 1. The molecule has 0 aliphatic rings. The lowest BCUT2D eigenvalue weighted by atomic mass is 10.1. The van der Waals surface area contributed by atoms with Crippen LogP contribution in [0.15, 0.2) is 30.5 Å². The summed E-state index contributed by atoms with van der Waals surface area (Å²) < 4.78 is 39.8. The molecule has 16 heavy (non-hydrogen) atoms. The standard InChI is InChI=1S/C11H11F3N2/c1-7(15)10-9(11(12,13)14)6-8-4-2-3-5-16(8)10/h2-7H,15H2,1H3. The first-order chi connectivity index (χ1) is 7.41. The van der Waals surface area contributed by atoms with Gasteiger partial charge in [-0.05, 0) is 25.1 Å². The zero-order valence-corrected chi connectivity index (χ0v) is 8.62. The van der Waals surface area contributed by atoms with Gasteiger partial charge in [0.1, 0.15) is 0 Å². The van der Waals surface area contributed by atoms with Crippen LogP contribution in [0.3, 0.4) is 0 Å². The lowest BCUT2D eigenvalue weighted by molar-refractivity contribution is -0.138. The monoisotopic (exact) mass is 228 g/mol. The highest BCUT2D eigenvalue weighted by atomic mass is 19.4. The Labute approximate surface area is 90.5 Å². The van der Waals surface area contributed by atoms with E-state index in [9.17, 15) is 13.2 Å². The van der Waals surface area contributed by atoms with E-state index in [4.69, 9.17) is 5.73 Å². The van der Waals surface area contributed by atoms with Gasteiger partial charge in [0, 0.05) is 17.8 Å². The smallest absolute Gasteiger partial charge is 0.323 e. The fourth-order valence-electron chi connectivity index (χ4n) is 1.84. The van der Waals surface area contributed by atoms with E-state index in [1.54, 1.807) is 31.3 Å². The Bertz CT molecular complexity index is 511. The van der Waals surface area contributed by atoms with Crippen molar-refractivity contribution in [3.05, 3.63) is 41.7 Å². The molecule has 1 unspecified atom stereocenters. The molecule has 2 aromatic rings. The molecule has 5 heteroatoms. The lowest BCUT2D eigenvalue weighted by Gasteiger charge is -2.12. The molecule has 0 amide bonds. The predicted molar refractivity (Wildman–Crippen MR) is 55.0 cm³/mol. The molecule has 0 aromatic carbocycles. The number of halogens is 3. The van der Waals surface area contributed by atoms with Crippen molar-refractivity contribution in [3.63, 3.8) is 0 Å². The molecule has 86 valence electrons. The molecule has 2 rings (SSSR count). The predicted octanol–water partition coefficient (Wildman–Crippen LogP) is 2.98. The van der Waals surface area contributed by atoms with Gasteiger partial charge in [0.25, 0.3) is 0 Å². The van der Waals surface area contributed by atoms with Gasteiger partial charge < -0.3 is 10.1 Å². The van der Waals surface area contributed by atoms with Crippen molar-refractivity contribution in [2.75, 3.05) is 0 Å². The number of aromatic nitrogens is 1. The average Bonchev–Trinajstić information content (AvgIpc) is 2.55. The van der Waals surface area contributed by atoms with E-state index in [0.29, 0.717) is 5.52 Å². The van der Waals surface area contributed by atoms with E-state index in [0.717, 1.165) is 6.07 Å². The molecule has 2 aromatic heterocycles. The highest BCUT2D eigenvalue weighted by Crippen LogP contribution is 2.36. The second-order valence-electron chi connectivity index (χ2n) is 3.73. The molecule has 1 atom stereocenters. The largest absolute Gasteiger partial charge is 0.418 e. The fourth-order valence-corrected chi connectivity index (χ4v) is 1.84. The summed E-state index contributed by atoms with van der Waals surface area (Å²) in [6.45, 7) is 1.55. The summed E-state index contributed by atoms with van der Waals surface area (Å²) >= 11 is 0. The first kappa shape index (κ1) is 11.0. The third-order valence-electron chi connectivity index (χ3n) is 2.46. The van der Waals surface area contributed by atoms with Crippen LogP contribution >= 0.6 is 0 Å². The van der Waals surface area contributed by atoms with Crippen molar-refractivity contribution in [1.29, 1.82) is 0 Å². The van der Waals surface area contributed by atoms with Gasteiger partial charge in [-0.2, -0.15) is 13.2 Å². The molecule has 0 radical (unpaired) electrons. The van der Waals surface area contributed by atoms with Crippen LogP contribution in [-0.2, 0) is 6.18 Å². The highest BCUT2D eigenvalue weighted by molar-refractivity contribution is 5.54. The Morgan fingerprint density at radius 2 is 2.00 bits per heavy atom. The number of pyridine rings is 1. The van der Waals surface area contributed by atoms with Crippen LogP contribution in [0.1, 0.15) is 24.2 Å². The van der Waals surface area contributed by atoms with Crippen molar-refractivity contribution in [2.45, 2.75) is 19.1 Å². The van der Waals surface area contributed by atoms with Crippen molar-refractivity contribution in [1.82, 2.24) is 4.40 Å². The third-order valence-corrected chi connectivity index (χ3v) is 2.46. The van der Waals surface area contributed by atoms with Crippen LogP contribution in [0.25, 0.3) is 5.52 Å². The maximum Gasteiger partial charge on any atom is 0.418 e. The van der Waals surface area contributed by atoms with E-state index >= 15 is 0 Å². The lowest BCUT2D eigenvalue weighted by Crippen LogP contribution is -2.15. The zero-order chi connectivity index (χ0) is 11.9. The van der Waals surface area contributed by atoms with Gasteiger partial charge >= 0.3 is 6.18 Å². The van der Waals surface area contributed by atoms with E-state index in [1.165, 1.54) is 4.40 Å². The molecule has 0 saturated heterocycles. The molecule has 2 heterocycles. The summed E-state index contributed by atoms with van der Waals surface area (Å²) in [4.78, 5) is 0. The second-order valence-corrected chi connectivity index (χ2v) is 3.73. The van der Waals surface area contributed by atoms with E-state index in [1.807, 2.05) is 0 Å². The van der Waals surface area contributed by atoms with Crippen molar-refractivity contribution < 1.29 is 13.2 Å². The SMILES string of the molecule is CC(N)c1c(C(F)(F)F)cc2ccccn12. The van der Waals surface area contributed by atoms with Crippen LogP contribution in [0, 0.1) is 0 Å². The molecule has 2 N–H and O–H groups in total. The molecule has 0 aliphatic heterocycles. The molecule has 2 nitrogen and oxygen atoms in total. The van der Waals surface area contributed by atoms with Crippen LogP contribution in [0.4, 0.5) is 13.2 Å². The molecule has 0 aliphatic carbocycles. The minimum atomic E-state index is -4.37. The number of fused-ring (bicyclic) bond motifs is 1. The summed E-state index contributed by atoms with van der Waals surface area (Å²) in [6.07, 6.45) is -2.78. The van der Waals surface area contributed by atoms with E-state index < -0.39 is 17.8 Å². The van der Waals surface area contributed by atoms with Crippen LogP contribution < -0.4 is 5.73 Å². The van der Waals surface area contributed by atoms with Gasteiger partial charge in [-0.15, -0.1) is 0 Å². The van der Waals surface area contributed by atoms with Crippen molar-refractivity contribution in [3.8, 4) is 0 Å². The summed E-state index contributed by atoms with van der Waals surface area (Å²) in [5.74, 6) is 0. The maximum absolute atomic E-state index is 12.8. The van der Waals surface area contributed by atoms with E-state index in [-0.39, 0.29) is 5.69 Å². The number of hydrogen-bond acceptors (Lipinski definition) is 1. The van der Waals surface area contributed by atoms with Crippen molar-refractivity contribution in [2.24, 2.45) is 5.73 Å². The molecular formula is C11H11F3N2. The number of nitrogens with zero attached hydrogens (tertiary/aromatic N) is 1. The Balaban J connectivity index is 2.78. The van der Waals surface area contributed by atoms with Crippen LogP contribution in [0.5, 0.6) is 0 Å². The Morgan fingerprint density at radius 1 is 1.31 bits per heavy atom. The number of alkyl halides is 3. The topological polar surface area (TPSA) is 30.4 Å². The normalized spacial score (nSPS) is 14.3. The minimum absolute atomic E-state index is 0.100. The first-order valence-electron chi connectivity index (χ1n) is 4.84. The molecule has 0 bridgehead atoms. The van der Waals surface area contributed by atoms with Gasteiger partial charge in [-0.1, -0.05) is 6.07 Å². The summed E-state index contributed by atoms with van der Waals surface area (Å²) in [6, 6.07) is 5.46. The Kier molecular flexibility index (Phi) is 2.42. The summed E-state index contributed by atoms with van der Waals surface area (Å²) in [5.41, 5.74) is 5.54. The third kappa shape index (κ3) is 1.67. The molecular weight excluding hydrogens is 217 g/mol. The first-order valence-corrected chi connectivity index (χ1v) is 4.84. The van der Waals surface area contributed by atoms with Gasteiger partial charge in [0.05, 0.1) is 11.3 Å². The quantitative estimate of drug-likeness (QED) is 0.799. The Morgan fingerprint density at radius 3 is 2.56 bits per heavy atom. The molecule has 0 fully saturated rings. The van der Waals surface area contributed by atoms with Gasteiger partial charge in [-0.25, -0.2) is 0 Å². The van der Waals surface area contributed by atoms with Gasteiger partial charge in [0.2, 0.25) is 0 Å². The summed E-state index contributed by atoms with van der Waals surface area (Å²) in [5, 5.41) is 0. The number of nitrogens with two attached hydrogens (primary N) is 1. The van der Waals surface area contributed by atoms with Crippen LogP contribution in [0.2, 0.25) is 0 Å². The second kappa shape index (κ2) is 3.52. The van der Waals surface area contributed by atoms with E-state index in [2.05, 4.69) is 0 Å². The highest BCUT2D eigenvalue weighted by Gasteiger charge is 2.36. The maximum atomic E-state index is 12.8. The Hall–Kier alpha value is -1.49. The van der Waals surface area contributed by atoms with Crippen LogP contribution in [-0.4, -0.2) is 4.40 Å². The minimum Gasteiger partial charge on any atom is -0.323 e. The average molecular weight is 228 g/mol. The zero-order valence-electron chi connectivity index (χ0n) is 8.62.